The van der Waals surface area contributed by atoms with Crippen molar-refractivity contribution in [3.8, 4) is 73.2 Å². The van der Waals surface area contributed by atoms with Gasteiger partial charge in [0, 0.05) is 54.2 Å². The third kappa shape index (κ3) is 10.8. The molecule has 0 N–H and O–H groups in total. The van der Waals surface area contributed by atoms with E-state index >= 15 is 0 Å². The van der Waals surface area contributed by atoms with Crippen molar-refractivity contribution < 1.29 is 0 Å². The highest BCUT2D eigenvalue weighted by atomic mass is 35.5. The highest BCUT2D eigenvalue weighted by Crippen LogP contribution is 2.44. The van der Waals surface area contributed by atoms with Gasteiger partial charge in [-0.05, 0) is 157 Å². The fourth-order valence-electron chi connectivity index (χ4n) is 16.0. The van der Waals surface area contributed by atoms with Crippen molar-refractivity contribution in [1.82, 2.24) is 33.6 Å². The van der Waals surface area contributed by atoms with Crippen LogP contribution in [0.2, 0.25) is 5.02 Å². The molecule has 0 atom stereocenters. The van der Waals surface area contributed by atoms with E-state index in [0.717, 1.165) is 107 Å². The normalized spacial score (nSPS) is 11.7. The van der Waals surface area contributed by atoms with Gasteiger partial charge in [0.1, 0.15) is 11.4 Å². The van der Waals surface area contributed by atoms with Crippen molar-refractivity contribution in [1.29, 1.82) is 0 Å². The summed E-state index contributed by atoms with van der Waals surface area (Å²) >= 11 is 6.56. The quantitative estimate of drug-likeness (QED) is 0.159. The molecule has 1 aliphatic carbocycles. The highest BCUT2D eigenvalue weighted by Gasteiger charge is 2.25. The molecule has 16 aromatic carbocycles. The molecule has 21 aromatic rings. The predicted octanol–water partition coefficient (Wildman–Crippen LogP) is 26.1. The van der Waals surface area contributed by atoms with Crippen LogP contribution in [0, 0.1) is 0 Å². The Morgan fingerprint density at radius 2 is 0.594 bits per heavy atom. The molecule has 5 heterocycles. The lowest BCUT2D eigenvalue weighted by molar-refractivity contribution is 1.08. The van der Waals surface area contributed by atoms with E-state index in [1.54, 1.807) is 0 Å². The predicted molar refractivity (Wildman–Crippen MR) is 445 cm³/mol. The maximum atomic E-state index is 6.56. The molecule has 500 valence electrons. The number of benzene rings is 16. The third-order valence-electron chi connectivity index (χ3n) is 20.9. The van der Waals surface area contributed by atoms with Gasteiger partial charge in [0.2, 0.25) is 0 Å². The molecule has 0 fully saturated rings. The fourth-order valence-corrected chi connectivity index (χ4v) is 16.2. The van der Waals surface area contributed by atoms with E-state index in [-0.39, 0.29) is 7.43 Å². The Morgan fingerprint density at radius 1 is 0.245 bits per heavy atom. The van der Waals surface area contributed by atoms with Gasteiger partial charge in [-0.1, -0.05) is 298 Å². The Balaban J connectivity index is 0.000000125. The fraction of sp³-hybridized carbons (Fsp3) is 0.0204. The molecule has 0 aliphatic heterocycles. The lowest BCUT2D eigenvalue weighted by Gasteiger charge is -2.14. The second-order valence-corrected chi connectivity index (χ2v) is 27.3. The average Bonchev–Trinajstić information content (AvgIpc) is 1.56. The van der Waals surface area contributed by atoms with E-state index in [4.69, 9.17) is 31.5 Å². The third-order valence-corrected chi connectivity index (χ3v) is 21.1. The van der Waals surface area contributed by atoms with Crippen LogP contribution < -0.4 is 0 Å². The van der Waals surface area contributed by atoms with Crippen molar-refractivity contribution in [2.24, 2.45) is 0 Å². The number of rotatable bonds is 7. The minimum absolute atomic E-state index is 0. The maximum Gasteiger partial charge on any atom is 0.165 e. The van der Waals surface area contributed by atoms with Crippen LogP contribution in [0.1, 0.15) is 18.6 Å². The number of fused-ring (bicyclic) bond motifs is 18. The summed E-state index contributed by atoms with van der Waals surface area (Å²) < 4.78 is 6.97. The Bertz CT molecular complexity index is 6900. The molecular weight excluding hydrogens is 1310 g/mol. The van der Waals surface area contributed by atoms with E-state index in [2.05, 4.69) is 323 Å². The lowest BCUT2D eigenvalue weighted by Crippen LogP contribution is -2.04. The van der Waals surface area contributed by atoms with Gasteiger partial charge in [-0.25, -0.2) is 19.9 Å². The molecule has 8 heteroatoms. The number of para-hydroxylation sites is 6. The molecule has 106 heavy (non-hydrogen) atoms. The number of aromatic nitrogens is 7. The molecule has 0 unspecified atom stereocenters. The molecule has 0 saturated carbocycles. The summed E-state index contributed by atoms with van der Waals surface area (Å²) in [5.74, 6) is 1.61. The molecule has 0 radical (unpaired) electrons. The van der Waals surface area contributed by atoms with Gasteiger partial charge in [-0.15, -0.1) is 0 Å². The molecular formula is C98H66ClN7. The zero-order valence-corrected chi connectivity index (χ0v) is 57.6. The van der Waals surface area contributed by atoms with Crippen LogP contribution in [0.5, 0.6) is 0 Å². The Hall–Kier alpha value is -13.6. The summed E-state index contributed by atoms with van der Waals surface area (Å²) in [5, 5.41) is 12.6. The number of hydrogen-bond donors (Lipinski definition) is 0. The Labute approximate surface area is 617 Å². The summed E-state index contributed by atoms with van der Waals surface area (Å²) in [6, 6.07) is 128. The van der Waals surface area contributed by atoms with E-state index in [1.165, 1.54) is 93.1 Å². The first-order valence-electron chi connectivity index (χ1n) is 35.6. The molecule has 1 aliphatic rings. The smallest absolute Gasteiger partial charge is 0.165 e. The summed E-state index contributed by atoms with van der Waals surface area (Å²) in [7, 11) is 0. The van der Waals surface area contributed by atoms with E-state index in [1.807, 2.05) is 54.6 Å². The van der Waals surface area contributed by atoms with Crippen LogP contribution in [-0.4, -0.2) is 33.6 Å². The molecule has 0 saturated heterocycles. The van der Waals surface area contributed by atoms with Crippen molar-refractivity contribution in [2.45, 2.75) is 13.8 Å². The van der Waals surface area contributed by atoms with E-state index in [9.17, 15) is 0 Å². The van der Waals surface area contributed by atoms with Gasteiger partial charge >= 0.3 is 0 Å². The van der Waals surface area contributed by atoms with Crippen LogP contribution in [0.4, 0.5) is 0 Å². The second kappa shape index (κ2) is 26.3. The van der Waals surface area contributed by atoms with Gasteiger partial charge in [0.05, 0.1) is 55.2 Å². The second-order valence-electron chi connectivity index (χ2n) is 26.9. The molecule has 7 nitrogen and oxygen atoms in total. The van der Waals surface area contributed by atoms with E-state index in [0.29, 0.717) is 5.02 Å². The minimum Gasteiger partial charge on any atom is -0.309 e. The summed E-state index contributed by atoms with van der Waals surface area (Å²) in [6.07, 6.45) is 1.10. The number of hydrogen-bond acceptors (Lipinski definition) is 4. The topological polar surface area (TPSA) is 66.3 Å². The average molecular weight is 1380 g/mol. The summed E-state index contributed by atoms with van der Waals surface area (Å²) in [4.78, 5) is 21.2. The standard InChI is InChI=1S/C48H30N4.C36H22ClN3.C13H10.CH4/c1-2-12-31(13-3-1)32-22-24-34(25-23-32)47-48(50-41-19-9-8-18-40(41)49-47)52-44-29-27-35(30-39(44)46-36-15-5-4-14-33(36)26-28-45(46)52)51-42-20-10-6-16-37(42)38-17-7-11-21-43(38)51;37-27-19-21-32-29(22-27)34-28-11-5-4-10-25(28)18-20-33(34)40(32)36-35(38-30-12-6-7-13-31(30)39-36)26-16-14-24(15-17-26)23-8-2-1-3-9-23;1-3-7-12-10(5-1)9-11-6-2-4-8-13(11)12;/h1-30H;1-22H;1-8H,9H2;1H4. The van der Waals surface area contributed by atoms with Crippen LogP contribution in [0.25, 0.3) is 182 Å². The first-order valence-corrected chi connectivity index (χ1v) is 36.0. The lowest BCUT2D eigenvalue weighted by atomic mass is 10.0. The van der Waals surface area contributed by atoms with Crippen molar-refractivity contribution >= 4 is 121 Å². The summed E-state index contributed by atoms with van der Waals surface area (Å²) in [5.41, 5.74) is 25.4. The Kier molecular flexibility index (Phi) is 15.7. The number of halogens is 1. The van der Waals surface area contributed by atoms with Crippen LogP contribution in [0.15, 0.2) is 364 Å². The van der Waals surface area contributed by atoms with E-state index < -0.39 is 0 Å². The minimum atomic E-state index is 0. The van der Waals surface area contributed by atoms with Gasteiger partial charge < -0.3 is 4.57 Å². The molecule has 5 aromatic heterocycles. The monoisotopic (exact) mass is 1380 g/mol. The SMILES string of the molecule is C.Clc1ccc2c(c1)c1c3ccccc3ccc1n2-c1nc2ccccc2nc1-c1ccc(-c2ccccc2)cc1.c1ccc(-c2ccc(-c3nc4ccccc4nc3-n3c4ccc(-n5c6ccccc6c6ccccc65)cc4c4c5ccccc5ccc43)cc2)cc1.c1ccc2c(c1)Cc1ccccc1-2. The first-order chi connectivity index (χ1) is 52.0. The molecule has 0 amide bonds. The van der Waals surface area contributed by atoms with Crippen molar-refractivity contribution in [3.63, 3.8) is 0 Å². The van der Waals surface area contributed by atoms with Gasteiger partial charge in [0.25, 0.3) is 0 Å². The number of nitrogens with zero attached hydrogens (tertiary/aromatic N) is 7. The van der Waals surface area contributed by atoms with Crippen molar-refractivity contribution in [3.05, 3.63) is 380 Å². The Morgan fingerprint density at radius 3 is 1.08 bits per heavy atom. The molecule has 0 spiro atoms. The van der Waals surface area contributed by atoms with Crippen LogP contribution in [0.3, 0.4) is 0 Å². The van der Waals surface area contributed by atoms with Gasteiger partial charge in [-0.2, -0.15) is 0 Å². The zero-order valence-electron chi connectivity index (χ0n) is 56.9. The highest BCUT2D eigenvalue weighted by molar-refractivity contribution is 6.33. The van der Waals surface area contributed by atoms with Crippen LogP contribution in [-0.2, 0) is 6.42 Å². The zero-order chi connectivity index (χ0) is 69.5. The maximum absolute atomic E-state index is 6.56. The van der Waals surface area contributed by atoms with Crippen LogP contribution >= 0.6 is 11.6 Å². The molecule has 0 bridgehead atoms. The van der Waals surface area contributed by atoms with Gasteiger partial charge in [-0.3, -0.25) is 9.13 Å². The summed E-state index contributed by atoms with van der Waals surface area (Å²) in [6.45, 7) is 0. The van der Waals surface area contributed by atoms with Crippen molar-refractivity contribution in [2.75, 3.05) is 0 Å². The molecule has 22 rings (SSSR count). The van der Waals surface area contributed by atoms with Gasteiger partial charge in [0.15, 0.2) is 11.6 Å². The largest absolute Gasteiger partial charge is 0.309 e. The first kappa shape index (κ1) is 63.3.